The Kier molecular flexibility index (Phi) is 9.81. The summed E-state index contributed by atoms with van der Waals surface area (Å²) < 4.78 is 57.0. The molecule has 2 aromatic rings. The molecule has 0 spiro atoms. The Labute approximate surface area is 221 Å². The summed E-state index contributed by atoms with van der Waals surface area (Å²) in [5, 5.41) is 0. The van der Waals surface area contributed by atoms with Gasteiger partial charge in [0, 0.05) is 38.5 Å². The lowest BCUT2D eigenvalue weighted by Gasteiger charge is -2.38. The van der Waals surface area contributed by atoms with Gasteiger partial charge in [0.25, 0.3) is 0 Å². The number of ether oxygens (including phenoxy) is 1. The molecule has 2 aromatic carbocycles. The van der Waals surface area contributed by atoms with Crippen LogP contribution >= 0.6 is 12.4 Å². The van der Waals surface area contributed by atoms with Gasteiger partial charge < -0.3 is 4.74 Å². The summed E-state index contributed by atoms with van der Waals surface area (Å²) in [4.78, 5) is 4.98. The Hall–Kier alpha value is -1.69. The molecule has 11 heteroatoms. The van der Waals surface area contributed by atoms with E-state index in [2.05, 4.69) is 21.9 Å². The summed E-state index contributed by atoms with van der Waals surface area (Å²) >= 11 is 0. The second kappa shape index (κ2) is 12.2. The first-order valence-corrected chi connectivity index (χ1v) is 15.4. The highest BCUT2D eigenvalue weighted by Crippen LogP contribution is 2.24. The second-order valence-corrected chi connectivity index (χ2v) is 13.3. The number of hydrogen-bond acceptors (Lipinski definition) is 7. The van der Waals surface area contributed by atoms with Crippen molar-refractivity contribution in [3.8, 4) is 5.75 Å². The molecule has 0 saturated carbocycles. The third-order valence-electron chi connectivity index (χ3n) is 7.00. The molecule has 2 fully saturated rings. The number of rotatable bonds is 7. The van der Waals surface area contributed by atoms with E-state index in [4.69, 9.17) is 4.74 Å². The molecule has 0 amide bonds. The molecule has 0 unspecified atom stereocenters. The lowest BCUT2D eigenvalue weighted by Crippen LogP contribution is -2.46. The van der Waals surface area contributed by atoms with E-state index in [9.17, 15) is 16.8 Å². The Morgan fingerprint density at radius 2 is 1.53 bits per heavy atom. The standard InChI is InChI=1S/C25H35N3O5S2.ClH/c1-33-23-9-7-21(8-10-23)20-26-15-11-22(12-16-26)27-13-4-14-28(18-17-27)35(31,32)25-6-3-5-24(19-25)34(2,29)30;/h3,5-10,19,22H,4,11-18,20H2,1-2H3;1H. The summed E-state index contributed by atoms with van der Waals surface area (Å²) in [5.74, 6) is 0.868. The monoisotopic (exact) mass is 557 g/mol. The zero-order valence-electron chi connectivity index (χ0n) is 20.9. The number of halogens is 1. The smallest absolute Gasteiger partial charge is 0.243 e. The molecule has 0 radical (unpaired) electrons. The molecule has 4 rings (SSSR count). The van der Waals surface area contributed by atoms with E-state index in [-0.39, 0.29) is 22.2 Å². The van der Waals surface area contributed by atoms with Gasteiger partial charge in [0.1, 0.15) is 5.75 Å². The van der Waals surface area contributed by atoms with Crippen molar-refractivity contribution >= 4 is 32.3 Å². The van der Waals surface area contributed by atoms with E-state index in [1.807, 2.05) is 12.1 Å². The average molecular weight is 558 g/mol. The van der Waals surface area contributed by atoms with Crippen molar-refractivity contribution in [2.24, 2.45) is 0 Å². The maximum atomic E-state index is 13.3. The van der Waals surface area contributed by atoms with E-state index in [1.165, 1.54) is 34.1 Å². The first-order valence-electron chi connectivity index (χ1n) is 12.1. The summed E-state index contributed by atoms with van der Waals surface area (Å²) in [5.41, 5.74) is 1.28. The molecule has 0 bridgehead atoms. The van der Waals surface area contributed by atoms with Crippen molar-refractivity contribution in [1.29, 1.82) is 0 Å². The van der Waals surface area contributed by atoms with Crippen LogP contribution in [-0.2, 0) is 26.4 Å². The van der Waals surface area contributed by atoms with Gasteiger partial charge in [-0.15, -0.1) is 12.4 Å². The minimum absolute atomic E-state index is 0. The Morgan fingerprint density at radius 3 is 2.17 bits per heavy atom. The number of methoxy groups -OCH3 is 1. The fourth-order valence-electron chi connectivity index (χ4n) is 4.97. The lowest BCUT2D eigenvalue weighted by atomic mass is 10.0. The molecule has 2 aliphatic rings. The highest BCUT2D eigenvalue weighted by Gasteiger charge is 2.31. The van der Waals surface area contributed by atoms with Gasteiger partial charge >= 0.3 is 0 Å². The molecule has 36 heavy (non-hydrogen) atoms. The summed E-state index contributed by atoms with van der Waals surface area (Å²) in [7, 11) is -5.55. The molecular weight excluding hydrogens is 522 g/mol. The highest BCUT2D eigenvalue weighted by molar-refractivity contribution is 7.91. The Morgan fingerprint density at radius 1 is 0.861 bits per heavy atom. The number of likely N-dealkylation sites (tertiary alicyclic amines) is 1. The number of piperidine rings is 1. The predicted octanol–water partition coefficient (Wildman–Crippen LogP) is 2.88. The van der Waals surface area contributed by atoms with Gasteiger partial charge in [-0.3, -0.25) is 9.80 Å². The van der Waals surface area contributed by atoms with Crippen molar-refractivity contribution in [3.63, 3.8) is 0 Å². The van der Waals surface area contributed by atoms with Crippen LogP contribution in [0.3, 0.4) is 0 Å². The number of sulfone groups is 1. The van der Waals surface area contributed by atoms with Crippen molar-refractivity contribution < 1.29 is 21.6 Å². The van der Waals surface area contributed by atoms with Gasteiger partial charge in [-0.2, -0.15) is 4.31 Å². The van der Waals surface area contributed by atoms with Gasteiger partial charge in [-0.05, 0) is 74.8 Å². The number of benzene rings is 2. The van der Waals surface area contributed by atoms with Crippen molar-refractivity contribution in [1.82, 2.24) is 14.1 Å². The van der Waals surface area contributed by atoms with E-state index in [0.717, 1.165) is 57.4 Å². The maximum Gasteiger partial charge on any atom is 0.243 e. The summed E-state index contributed by atoms with van der Waals surface area (Å²) in [6.45, 7) is 5.39. The van der Waals surface area contributed by atoms with Crippen LogP contribution in [0.4, 0.5) is 0 Å². The van der Waals surface area contributed by atoms with Gasteiger partial charge in [-0.1, -0.05) is 18.2 Å². The molecule has 8 nitrogen and oxygen atoms in total. The van der Waals surface area contributed by atoms with Crippen LogP contribution in [0.25, 0.3) is 0 Å². The second-order valence-electron chi connectivity index (χ2n) is 9.40. The van der Waals surface area contributed by atoms with Gasteiger partial charge in [0.15, 0.2) is 9.84 Å². The minimum Gasteiger partial charge on any atom is -0.497 e. The summed E-state index contributed by atoms with van der Waals surface area (Å²) in [6, 6.07) is 14.3. The molecule has 0 N–H and O–H groups in total. The molecule has 0 aromatic heterocycles. The number of hydrogen-bond donors (Lipinski definition) is 0. The zero-order valence-corrected chi connectivity index (χ0v) is 23.3. The summed E-state index contributed by atoms with van der Waals surface area (Å²) in [6.07, 6.45) is 3.99. The van der Waals surface area contributed by atoms with Crippen LogP contribution in [0.1, 0.15) is 24.8 Å². The molecule has 0 atom stereocenters. The zero-order chi connectivity index (χ0) is 25.1. The minimum atomic E-state index is -3.75. The predicted molar refractivity (Wildman–Crippen MR) is 143 cm³/mol. The Balaban J connectivity index is 0.00000361. The maximum absolute atomic E-state index is 13.3. The van der Waals surface area contributed by atoms with Gasteiger partial charge in [0.2, 0.25) is 10.0 Å². The van der Waals surface area contributed by atoms with E-state index >= 15 is 0 Å². The highest BCUT2D eigenvalue weighted by atomic mass is 35.5. The van der Waals surface area contributed by atoms with Crippen molar-refractivity contribution in [2.75, 3.05) is 52.6 Å². The molecule has 2 heterocycles. The SMILES string of the molecule is COc1ccc(CN2CCC(N3CCCN(S(=O)(=O)c4cccc(S(C)(=O)=O)c4)CC3)CC2)cc1.Cl. The van der Waals surface area contributed by atoms with E-state index < -0.39 is 19.9 Å². The fraction of sp³-hybridized carbons (Fsp3) is 0.520. The topological polar surface area (TPSA) is 87.2 Å². The van der Waals surface area contributed by atoms with Crippen molar-refractivity contribution in [3.05, 3.63) is 54.1 Å². The first-order chi connectivity index (χ1) is 16.7. The largest absolute Gasteiger partial charge is 0.497 e. The third kappa shape index (κ3) is 6.99. The normalized spacial score (nSPS) is 19.4. The van der Waals surface area contributed by atoms with Crippen LogP contribution in [0.2, 0.25) is 0 Å². The fourth-order valence-corrected chi connectivity index (χ4v) is 7.22. The molecule has 0 aliphatic carbocycles. The molecular formula is C25H36ClN3O5S2. The first kappa shape index (κ1) is 28.9. The average Bonchev–Trinajstić information content (AvgIpc) is 3.12. The van der Waals surface area contributed by atoms with Gasteiger partial charge in [-0.25, -0.2) is 16.8 Å². The molecule has 2 saturated heterocycles. The number of sulfonamides is 1. The molecule has 2 aliphatic heterocycles. The number of nitrogens with zero attached hydrogens (tertiary/aromatic N) is 3. The Bertz CT molecular complexity index is 1210. The van der Waals surface area contributed by atoms with E-state index in [0.29, 0.717) is 25.7 Å². The lowest BCUT2D eigenvalue weighted by molar-refractivity contribution is 0.108. The third-order valence-corrected chi connectivity index (χ3v) is 10.0. The molecule has 200 valence electrons. The van der Waals surface area contributed by atoms with Crippen LogP contribution < -0.4 is 4.74 Å². The van der Waals surface area contributed by atoms with Crippen molar-refractivity contribution in [2.45, 2.75) is 41.6 Å². The van der Waals surface area contributed by atoms with Crippen LogP contribution in [0.5, 0.6) is 5.75 Å². The van der Waals surface area contributed by atoms with Crippen LogP contribution in [0, 0.1) is 0 Å². The van der Waals surface area contributed by atoms with E-state index in [1.54, 1.807) is 7.11 Å². The quantitative estimate of drug-likeness (QED) is 0.517. The van der Waals surface area contributed by atoms with Crippen LogP contribution in [-0.4, -0.2) is 89.6 Å². The van der Waals surface area contributed by atoms with Crippen LogP contribution in [0.15, 0.2) is 58.3 Å². The van der Waals surface area contributed by atoms with Gasteiger partial charge in [0.05, 0.1) is 16.9 Å².